The molecule has 0 saturated heterocycles. The fraction of sp³-hybridized carbons (Fsp3) is 0.188. The van der Waals surface area contributed by atoms with E-state index in [0.717, 1.165) is 5.56 Å². The zero-order valence-electron chi connectivity index (χ0n) is 12.3. The van der Waals surface area contributed by atoms with Crippen molar-refractivity contribution >= 4 is 11.6 Å². The number of hydrogen-bond acceptors (Lipinski definition) is 3. The van der Waals surface area contributed by atoms with E-state index in [9.17, 15) is 9.59 Å². The van der Waals surface area contributed by atoms with Crippen LogP contribution >= 0.6 is 0 Å². The van der Waals surface area contributed by atoms with Crippen molar-refractivity contribution in [2.75, 3.05) is 0 Å². The predicted octanol–water partition coefficient (Wildman–Crippen LogP) is 1.69. The van der Waals surface area contributed by atoms with Gasteiger partial charge in [-0.25, -0.2) is 14.3 Å². The van der Waals surface area contributed by atoms with Crippen molar-refractivity contribution in [2.45, 2.75) is 19.4 Å². The number of hydrogen-bond donors (Lipinski definition) is 2. The van der Waals surface area contributed by atoms with Gasteiger partial charge in [0.25, 0.3) is 5.91 Å². The molecule has 1 amide bonds. The lowest BCUT2D eigenvalue weighted by Gasteiger charge is -2.27. The number of fused-ring (bicyclic) bond motifs is 1. The SMILES string of the molecule is CC(C)(NC(=O)c1cccn2c(=O)[nH]nc12)c1ccccc1. The summed E-state index contributed by atoms with van der Waals surface area (Å²) < 4.78 is 1.31. The number of amides is 1. The first-order valence-corrected chi connectivity index (χ1v) is 6.93. The lowest BCUT2D eigenvalue weighted by molar-refractivity contribution is 0.0913. The van der Waals surface area contributed by atoms with Crippen LogP contribution in [0.15, 0.2) is 53.5 Å². The van der Waals surface area contributed by atoms with Gasteiger partial charge in [-0.2, -0.15) is 5.10 Å². The Bertz CT molecular complexity index is 878. The number of H-pyrrole nitrogens is 1. The Morgan fingerprint density at radius 3 is 2.64 bits per heavy atom. The average Bonchev–Trinajstić information content (AvgIpc) is 2.89. The predicted molar refractivity (Wildman–Crippen MR) is 82.7 cm³/mol. The summed E-state index contributed by atoms with van der Waals surface area (Å²) in [6.45, 7) is 3.86. The number of pyridine rings is 1. The first-order chi connectivity index (χ1) is 10.5. The van der Waals surface area contributed by atoms with Gasteiger partial charge in [-0.3, -0.25) is 4.79 Å². The van der Waals surface area contributed by atoms with Gasteiger partial charge in [0.05, 0.1) is 11.1 Å². The van der Waals surface area contributed by atoms with Crippen molar-refractivity contribution in [1.29, 1.82) is 0 Å². The Kier molecular flexibility index (Phi) is 3.29. The van der Waals surface area contributed by atoms with Crippen LogP contribution in [-0.4, -0.2) is 20.5 Å². The minimum atomic E-state index is -0.540. The Balaban J connectivity index is 1.95. The zero-order chi connectivity index (χ0) is 15.7. The van der Waals surface area contributed by atoms with E-state index in [2.05, 4.69) is 15.5 Å². The van der Waals surface area contributed by atoms with Crippen LogP contribution in [0.5, 0.6) is 0 Å². The van der Waals surface area contributed by atoms with Crippen LogP contribution in [0.4, 0.5) is 0 Å². The smallest absolute Gasteiger partial charge is 0.343 e. The molecule has 0 aliphatic carbocycles. The van der Waals surface area contributed by atoms with Gasteiger partial charge in [0, 0.05) is 6.20 Å². The highest BCUT2D eigenvalue weighted by Crippen LogP contribution is 2.20. The molecular weight excluding hydrogens is 280 g/mol. The second kappa shape index (κ2) is 5.14. The Labute approximate surface area is 126 Å². The molecule has 0 saturated carbocycles. The number of nitrogens with zero attached hydrogens (tertiary/aromatic N) is 2. The van der Waals surface area contributed by atoms with Crippen molar-refractivity contribution in [3.8, 4) is 0 Å². The number of benzene rings is 1. The van der Waals surface area contributed by atoms with Crippen LogP contribution in [0.2, 0.25) is 0 Å². The summed E-state index contributed by atoms with van der Waals surface area (Å²) in [5, 5.41) is 9.23. The third kappa shape index (κ3) is 2.39. The molecule has 3 aromatic rings. The second-order valence-corrected chi connectivity index (χ2v) is 5.59. The number of rotatable bonds is 3. The summed E-state index contributed by atoms with van der Waals surface area (Å²) in [7, 11) is 0. The number of carbonyl (C=O) groups excluding carboxylic acids is 1. The van der Waals surface area contributed by atoms with Crippen LogP contribution < -0.4 is 11.0 Å². The monoisotopic (exact) mass is 296 g/mol. The summed E-state index contributed by atoms with van der Waals surface area (Å²) in [4.78, 5) is 24.1. The quantitative estimate of drug-likeness (QED) is 0.772. The highest BCUT2D eigenvalue weighted by Gasteiger charge is 2.24. The van der Waals surface area contributed by atoms with E-state index in [1.54, 1.807) is 18.3 Å². The Morgan fingerprint density at radius 1 is 1.18 bits per heavy atom. The minimum Gasteiger partial charge on any atom is -0.343 e. The molecule has 0 unspecified atom stereocenters. The lowest BCUT2D eigenvalue weighted by Crippen LogP contribution is -2.41. The number of aromatic amines is 1. The third-order valence-corrected chi connectivity index (χ3v) is 3.61. The van der Waals surface area contributed by atoms with Gasteiger partial charge < -0.3 is 5.32 Å². The molecule has 112 valence electrons. The fourth-order valence-corrected chi connectivity index (χ4v) is 2.39. The normalized spacial score (nSPS) is 11.5. The summed E-state index contributed by atoms with van der Waals surface area (Å²) >= 11 is 0. The molecule has 0 atom stereocenters. The molecular formula is C16H16N4O2. The van der Waals surface area contributed by atoms with Crippen LogP contribution in [-0.2, 0) is 5.54 Å². The van der Waals surface area contributed by atoms with Gasteiger partial charge in [0.15, 0.2) is 5.65 Å². The molecule has 6 heteroatoms. The molecule has 0 aliphatic rings. The summed E-state index contributed by atoms with van der Waals surface area (Å²) in [6, 6.07) is 13.0. The molecule has 22 heavy (non-hydrogen) atoms. The molecule has 0 radical (unpaired) electrons. The maximum absolute atomic E-state index is 12.6. The van der Waals surface area contributed by atoms with Crippen molar-refractivity contribution in [3.05, 3.63) is 70.3 Å². The molecule has 0 bridgehead atoms. The van der Waals surface area contributed by atoms with Crippen molar-refractivity contribution in [1.82, 2.24) is 19.9 Å². The molecule has 2 N–H and O–H groups in total. The van der Waals surface area contributed by atoms with Crippen molar-refractivity contribution in [3.63, 3.8) is 0 Å². The topological polar surface area (TPSA) is 79.3 Å². The van der Waals surface area contributed by atoms with Gasteiger partial charge in [-0.15, -0.1) is 0 Å². The van der Waals surface area contributed by atoms with Gasteiger partial charge in [0.2, 0.25) is 0 Å². The number of aromatic nitrogens is 3. The number of carbonyl (C=O) groups is 1. The number of nitrogens with one attached hydrogen (secondary N) is 2. The maximum Gasteiger partial charge on any atom is 0.347 e. The van der Waals surface area contributed by atoms with E-state index in [1.807, 2.05) is 44.2 Å². The van der Waals surface area contributed by atoms with Gasteiger partial charge in [-0.1, -0.05) is 30.3 Å². The van der Waals surface area contributed by atoms with Crippen molar-refractivity contribution in [2.24, 2.45) is 0 Å². The molecule has 1 aromatic carbocycles. The maximum atomic E-state index is 12.6. The highest BCUT2D eigenvalue weighted by atomic mass is 16.2. The fourth-order valence-electron chi connectivity index (χ4n) is 2.39. The Morgan fingerprint density at radius 2 is 1.91 bits per heavy atom. The second-order valence-electron chi connectivity index (χ2n) is 5.59. The molecule has 6 nitrogen and oxygen atoms in total. The van der Waals surface area contributed by atoms with E-state index in [-0.39, 0.29) is 11.6 Å². The van der Waals surface area contributed by atoms with E-state index >= 15 is 0 Å². The lowest BCUT2D eigenvalue weighted by atomic mass is 9.94. The van der Waals surface area contributed by atoms with E-state index in [1.165, 1.54) is 4.40 Å². The third-order valence-electron chi connectivity index (χ3n) is 3.61. The first kappa shape index (κ1) is 14.1. The highest BCUT2D eigenvalue weighted by molar-refractivity contribution is 6.00. The van der Waals surface area contributed by atoms with E-state index in [4.69, 9.17) is 0 Å². The molecule has 0 fully saturated rings. The Hall–Kier alpha value is -2.89. The molecule has 0 spiro atoms. The van der Waals surface area contributed by atoms with Crippen LogP contribution in [0, 0.1) is 0 Å². The van der Waals surface area contributed by atoms with Gasteiger partial charge in [-0.05, 0) is 31.5 Å². The van der Waals surface area contributed by atoms with Crippen LogP contribution in [0.25, 0.3) is 5.65 Å². The standard InChI is InChI=1S/C16H16N4O2/c1-16(2,11-7-4-3-5-8-11)17-14(21)12-9-6-10-20-13(12)18-19-15(20)22/h3-10H,1-2H3,(H,17,21)(H,19,22). The summed E-state index contributed by atoms with van der Waals surface area (Å²) in [6.07, 6.45) is 1.57. The average molecular weight is 296 g/mol. The van der Waals surface area contributed by atoms with E-state index in [0.29, 0.717) is 11.2 Å². The molecule has 2 heterocycles. The largest absolute Gasteiger partial charge is 0.347 e. The van der Waals surface area contributed by atoms with Crippen LogP contribution in [0.3, 0.4) is 0 Å². The summed E-state index contributed by atoms with van der Waals surface area (Å²) in [5.41, 5.74) is 0.752. The minimum absolute atomic E-state index is 0.279. The summed E-state index contributed by atoms with van der Waals surface area (Å²) in [5.74, 6) is -0.279. The first-order valence-electron chi connectivity index (χ1n) is 6.93. The van der Waals surface area contributed by atoms with Gasteiger partial charge >= 0.3 is 5.69 Å². The van der Waals surface area contributed by atoms with Crippen molar-refractivity contribution < 1.29 is 4.79 Å². The molecule has 3 rings (SSSR count). The zero-order valence-corrected chi connectivity index (χ0v) is 12.3. The van der Waals surface area contributed by atoms with Crippen LogP contribution in [0.1, 0.15) is 29.8 Å². The van der Waals surface area contributed by atoms with E-state index < -0.39 is 5.54 Å². The van der Waals surface area contributed by atoms with Gasteiger partial charge in [0.1, 0.15) is 0 Å². The molecule has 0 aliphatic heterocycles. The molecule has 2 aromatic heterocycles.